The van der Waals surface area contributed by atoms with Crippen LogP contribution in [0.2, 0.25) is 0 Å². The lowest BCUT2D eigenvalue weighted by molar-refractivity contribution is 0.0439. The Morgan fingerprint density at radius 2 is 2.54 bits per heavy atom. The summed E-state index contributed by atoms with van der Waals surface area (Å²) >= 11 is 0. The Labute approximate surface area is 78.8 Å². The van der Waals surface area contributed by atoms with Crippen LogP contribution < -0.4 is 10.6 Å². The van der Waals surface area contributed by atoms with E-state index in [2.05, 4.69) is 22.5 Å². The van der Waals surface area contributed by atoms with E-state index in [1.54, 1.807) is 0 Å². The maximum Gasteiger partial charge on any atom is 0.191 e. The maximum atomic E-state index is 5.38. The molecule has 2 aliphatic rings. The summed E-state index contributed by atoms with van der Waals surface area (Å²) in [5.41, 5.74) is 0. The number of hydrogen-bond acceptors (Lipinski definition) is 4. The normalized spacial score (nSPS) is 33.8. The molecule has 0 spiro atoms. The Kier molecular flexibility index (Phi) is 2.68. The molecular formula is C9H17N3O. The van der Waals surface area contributed by atoms with Gasteiger partial charge in [-0.2, -0.15) is 0 Å². The number of hydrogen-bond donors (Lipinski definition) is 2. The van der Waals surface area contributed by atoms with E-state index in [1.807, 2.05) is 0 Å². The second kappa shape index (κ2) is 3.96. The maximum absolute atomic E-state index is 5.38. The Hall–Kier alpha value is -0.770. The fourth-order valence-electron chi connectivity index (χ4n) is 1.76. The minimum atomic E-state index is 0.526. The van der Waals surface area contributed by atoms with Crippen molar-refractivity contribution in [2.75, 3.05) is 26.3 Å². The van der Waals surface area contributed by atoms with Gasteiger partial charge in [-0.3, -0.25) is 4.99 Å². The van der Waals surface area contributed by atoms with Gasteiger partial charge in [0.2, 0.25) is 0 Å². The molecule has 2 N–H and O–H groups in total. The van der Waals surface area contributed by atoms with Crippen molar-refractivity contribution < 1.29 is 4.74 Å². The van der Waals surface area contributed by atoms with Crippen molar-refractivity contribution in [1.82, 2.24) is 10.6 Å². The fourth-order valence-corrected chi connectivity index (χ4v) is 1.76. The Bertz CT molecular complexity index is 205. The molecule has 2 aliphatic heterocycles. The van der Waals surface area contributed by atoms with Crippen LogP contribution in [0.3, 0.4) is 0 Å². The van der Waals surface area contributed by atoms with Crippen LogP contribution in [-0.2, 0) is 4.74 Å². The summed E-state index contributed by atoms with van der Waals surface area (Å²) < 4.78 is 5.38. The van der Waals surface area contributed by atoms with Gasteiger partial charge in [-0.25, -0.2) is 0 Å². The van der Waals surface area contributed by atoms with E-state index < -0.39 is 0 Å². The molecule has 0 saturated carbocycles. The highest BCUT2D eigenvalue weighted by Crippen LogP contribution is 2.13. The highest BCUT2D eigenvalue weighted by Gasteiger charge is 2.23. The average Bonchev–Trinajstić information content (AvgIpc) is 2.61. The van der Waals surface area contributed by atoms with Crippen LogP contribution in [0.1, 0.15) is 13.3 Å². The van der Waals surface area contributed by atoms with Crippen LogP contribution in [0.4, 0.5) is 0 Å². The van der Waals surface area contributed by atoms with Crippen LogP contribution in [0.25, 0.3) is 0 Å². The number of guanidine groups is 1. The molecule has 2 rings (SSSR count). The molecule has 2 unspecified atom stereocenters. The molecule has 2 heterocycles. The molecule has 0 amide bonds. The first kappa shape index (κ1) is 8.81. The summed E-state index contributed by atoms with van der Waals surface area (Å²) in [5, 5.41) is 6.65. The van der Waals surface area contributed by atoms with Gasteiger partial charge in [0, 0.05) is 19.2 Å². The molecule has 0 bridgehead atoms. The van der Waals surface area contributed by atoms with Gasteiger partial charge in [-0.15, -0.1) is 0 Å². The van der Waals surface area contributed by atoms with Crippen LogP contribution >= 0.6 is 0 Å². The van der Waals surface area contributed by atoms with Crippen LogP contribution in [0.5, 0.6) is 0 Å². The van der Waals surface area contributed by atoms with Gasteiger partial charge < -0.3 is 15.4 Å². The molecule has 74 valence electrons. The van der Waals surface area contributed by atoms with Gasteiger partial charge >= 0.3 is 0 Å². The minimum absolute atomic E-state index is 0.526. The molecule has 13 heavy (non-hydrogen) atoms. The summed E-state index contributed by atoms with van der Waals surface area (Å²) in [7, 11) is 0. The third kappa shape index (κ3) is 2.12. The van der Waals surface area contributed by atoms with Crippen molar-refractivity contribution in [3.05, 3.63) is 0 Å². The van der Waals surface area contributed by atoms with Crippen molar-refractivity contribution in [2.24, 2.45) is 10.9 Å². The van der Waals surface area contributed by atoms with Gasteiger partial charge in [-0.1, -0.05) is 6.92 Å². The Balaban J connectivity index is 1.85. The first-order valence-corrected chi connectivity index (χ1v) is 4.99. The molecule has 4 heteroatoms. The van der Waals surface area contributed by atoms with Crippen molar-refractivity contribution in [3.63, 3.8) is 0 Å². The zero-order valence-corrected chi connectivity index (χ0v) is 8.05. The van der Waals surface area contributed by atoms with E-state index in [-0.39, 0.29) is 0 Å². The van der Waals surface area contributed by atoms with Crippen molar-refractivity contribution in [3.8, 4) is 0 Å². The van der Waals surface area contributed by atoms with E-state index >= 15 is 0 Å². The number of aliphatic imine (C=N–C) groups is 1. The van der Waals surface area contributed by atoms with Crippen LogP contribution in [-0.4, -0.2) is 38.3 Å². The zero-order valence-electron chi connectivity index (χ0n) is 8.05. The van der Waals surface area contributed by atoms with E-state index in [4.69, 9.17) is 4.74 Å². The monoisotopic (exact) mass is 183 g/mol. The second-order valence-corrected chi connectivity index (χ2v) is 3.75. The third-order valence-corrected chi connectivity index (χ3v) is 2.64. The highest BCUT2D eigenvalue weighted by atomic mass is 16.5. The Morgan fingerprint density at radius 1 is 1.62 bits per heavy atom. The standard InChI is InChI=1S/C9H17N3O/c1-7-6-13-5-2-8(7)12-9-10-3-4-11-9/h7-8H,2-6H2,1H3,(H2,10,11,12). The van der Waals surface area contributed by atoms with E-state index in [0.717, 1.165) is 38.7 Å². The molecule has 0 aromatic carbocycles. The summed E-state index contributed by atoms with van der Waals surface area (Å²) in [6.45, 7) is 5.83. The molecule has 0 aromatic heterocycles. The lowest BCUT2D eigenvalue weighted by atomic mass is 9.98. The van der Waals surface area contributed by atoms with Crippen LogP contribution in [0, 0.1) is 5.92 Å². The van der Waals surface area contributed by atoms with Crippen molar-refractivity contribution in [2.45, 2.75) is 19.4 Å². The van der Waals surface area contributed by atoms with Gasteiger partial charge in [-0.05, 0) is 12.3 Å². The van der Waals surface area contributed by atoms with Crippen molar-refractivity contribution >= 4 is 5.96 Å². The second-order valence-electron chi connectivity index (χ2n) is 3.75. The predicted molar refractivity (Wildman–Crippen MR) is 51.8 cm³/mol. The van der Waals surface area contributed by atoms with E-state index in [0.29, 0.717) is 12.0 Å². The Morgan fingerprint density at radius 3 is 3.23 bits per heavy atom. The predicted octanol–water partition coefficient (Wildman–Crippen LogP) is -0.0398. The first-order chi connectivity index (χ1) is 6.36. The molecule has 2 atom stereocenters. The molecule has 1 fully saturated rings. The smallest absolute Gasteiger partial charge is 0.191 e. The highest BCUT2D eigenvalue weighted by molar-refractivity contribution is 5.81. The number of rotatable bonds is 1. The minimum Gasteiger partial charge on any atom is -0.381 e. The summed E-state index contributed by atoms with van der Waals surface area (Å²) in [6, 6.07) is 0.526. The lowest BCUT2D eigenvalue weighted by Gasteiger charge is -2.30. The number of ether oxygens (including phenoxy) is 1. The van der Waals surface area contributed by atoms with E-state index in [9.17, 15) is 0 Å². The summed E-state index contributed by atoms with van der Waals surface area (Å²) in [5.74, 6) is 1.55. The fraction of sp³-hybridized carbons (Fsp3) is 0.889. The molecule has 0 aliphatic carbocycles. The molecule has 4 nitrogen and oxygen atoms in total. The van der Waals surface area contributed by atoms with Gasteiger partial charge in [0.05, 0.1) is 13.2 Å². The van der Waals surface area contributed by atoms with Gasteiger partial charge in [0.15, 0.2) is 5.96 Å². The van der Waals surface area contributed by atoms with E-state index in [1.165, 1.54) is 0 Å². The average molecular weight is 183 g/mol. The third-order valence-electron chi connectivity index (χ3n) is 2.64. The lowest BCUT2D eigenvalue weighted by Crippen LogP contribution is -2.47. The SMILES string of the molecule is CC1COCCC1NC1=NCCN1. The molecule has 0 radical (unpaired) electrons. The quantitative estimate of drug-likeness (QED) is 0.599. The number of nitrogens with zero attached hydrogens (tertiary/aromatic N) is 1. The zero-order chi connectivity index (χ0) is 9.10. The molecule has 0 aromatic rings. The number of nitrogens with one attached hydrogen (secondary N) is 2. The molecular weight excluding hydrogens is 166 g/mol. The first-order valence-electron chi connectivity index (χ1n) is 4.99. The topological polar surface area (TPSA) is 45.6 Å². The van der Waals surface area contributed by atoms with Gasteiger partial charge in [0.25, 0.3) is 0 Å². The van der Waals surface area contributed by atoms with Gasteiger partial charge in [0.1, 0.15) is 0 Å². The largest absolute Gasteiger partial charge is 0.381 e. The summed E-state index contributed by atoms with van der Waals surface area (Å²) in [4.78, 5) is 4.32. The summed E-state index contributed by atoms with van der Waals surface area (Å²) in [6.07, 6.45) is 1.09. The van der Waals surface area contributed by atoms with Crippen molar-refractivity contribution in [1.29, 1.82) is 0 Å². The molecule has 1 saturated heterocycles. The van der Waals surface area contributed by atoms with Crippen LogP contribution in [0.15, 0.2) is 4.99 Å².